The SMILES string of the molecule is CCOC(=O)c1ccc(NC(=O)c2ccc([N+](=O)[O-])cc2C(=O)[O-])cc1. The first kappa shape index (κ1) is 18.6. The van der Waals surface area contributed by atoms with Crippen molar-refractivity contribution in [1.29, 1.82) is 0 Å². The van der Waals surface area contributed by atoms with Crippen LogP contribution in [0.15, 0.2) is 42.5 Å². The Morgan fingerprint density at radius 1 is 1.08 bits per heavy atom. The van der Waals surface area contributed by atoms with E-state index in [4.69, 9.17) is 4.74 Å². The molecular formula is C17H13N2O7-. The number of amides is 1. The smallest absolute Gasteiger partial charge is 0.338 e. The van der Waals surface area contributed by atoms with Gasteiger partial charge >= 0.3 is 5.97 Å². The van der Waals surface area contributed by atoms with Gasteiger partial charge in [-0.25, -0.2) is 4.79 Å². The zero-order valence-corrected chi connectivity index (χ0v) is 13.6. The van der Waals surface area contributed by atoms with Crippen LogP contribution in [-0.2, 0) is 4.74 Å². The zero-order chi connectivity index (χ0) is 19.3. The third-order valence-corrected chi connectivity index (χ3v) is 3.33. The van der Waals surface area contributed by atoms with Crippen LogP contribution in [0, 0.1) is 10.1 Å². The van der Waals surface area contributed by atoms with Gasteiger partial charge in [0.25, 0.3) is 11.6 Å². The van der Waals surface area contributed by atoms with Crippen LogP contribution in [0.1, 0.15) is 38.0 Å². The van der Waals surface area contributed by atoms with E-state index in [1.54, 1.807) is 6.92 Å². The molecule has 0 aliphatic rings. The summed E-state index contributed by atoms with van der Waals surface area (Å²) in [6, 6.07) is 8.56. The number of carboxylic acids is 1. The highest BCUT2D eigenvalue weighted by Gasteiger charge is 2.17. The van der Waals surface area contributed by atoms with Crippen LogP contribution in [0.3, 0.4) is 0 Å². The topological polar surface area (TPSA) is 139 Å². The van der Waals surface area contributed by atoms with Crippen molar-refractivity contribution < 1.29 is 29.2 Å². The van der Waals surface area contributed by atoms with Gasteiger partial charge in [0, 0.05) is 28.9 Å². The van der Waals surface area contributed by atoms with Crippen LogP contribution >= 0.6 is 0 Å². The summed E-state index contributed by atoms with van der Waals surface area (Å²) >= 11 is 0. The predicted octanol–water partition coefficient (Wildman–Crippen LogP) is 1.39. The fourth-order valence-electron chi connectivity index (χ4n) is 2.12. The Labute approximate surface area is 147 Å². The number of nitro groups is 1. The first-order valence-electron chi connectivity index (χ1n) is 7.41. The Hall–Kier alpha value is -3.75. The predicted molar refractivity (Wildman–Crippen MR) is 87.8 cm³/mol. The summed E-state index contributed by atoms with van der Waals surface area (Å²) in [5, 5.41) is 24.4. The fourth-order valence-corrected chi connectivity index (χ4v) is 2.12. The Kier molecular flexibility index (Phi) is 5.63. The lowest BCUT2D eigenvalue weighted by molar-refractivity contribution is -0.385. The van der Waals surface area contributed by atoms with Gasteiger partial charge in [-0.15, -0.1) is 0 Å². The molecule has 0 fully saturated rings. The number of nitrogens with zero attached hydrogens (tertiary/aromatic N) is 1. The monoisotopic (exact) mass is 357 g/mol. The average Bonchev–Trinajstić information content (AvgIpc) is 2.61. The molecule has 0 spiro atoms. The van der Waals surface area contributed by atoms with E-state index < -0.39 is 34.0 Å². The van der Waals surface area contributed by atoms with Gasteiger partial charge in [-0.1, -0.05) is 0 Å². The minimum atomic E-state index is -1.71. The average molecular weight is 357 g/mol. The normalized spacial score (nSPS) is 10.0. The highest BCUT2D eigenvalue weighted by atomic mass is 16.6. The summed E-state index contributed by atoms with van der Waals surface area (Å²) < 4.78 is 4.84. The van der Waals surface area contributed by atoms with E-state index in [1.165, 1.54) is 24.3 Å². The molecule has 0 saturated heterocycles. The molecule has 0 saturated carbocycles. The third-order valence-electron chi connectivity index (χ3n) is 3.33. The molecule has 0 atom stereocenters. The number of rotatable bonds is 6. The molecule has 1 amide bonds. The Morgan fingerprint density at radius 3 is 2.27 bits per heavy atom. The maximum Gasteiger partial charge on any atom is 0.338 e. The Morgan fingerprint density at radius 2 is 1.73 bits per heavy atom. The number of ether oxygens (including phenoxy) is 1. The first-order chi connectivity index (χ1) is 12.3. The van der Waals surface area contributed by atoms with E-state index in [2.05, 4.69) is 5.32 Å². The van der Waals surface area contributed by atoms with Crippen molar-refractivity contribution in [3.63, 3.8) is 0 Å². The van der Waals surface area contributed by atoms with Crippen LogP contribution in [0.25, 0.3) is 0 Å². The minimum absolute atomic E-state index is 0.226. The Bertz CT molecular complexity index is 875. The highest BCUT2D eigenvalue weighted by Crippen LogP contribution is 2.19. The van der Waals surface area contributed by atoms with E-state index >= 15 is 0 Å². The van der Waals surface area contributed by atoms with Gasteiger partial charge in [-0.3, -0.25) is 14.9 Å². The van der Waals surface area contributed by atoms with E-state index in [-0.39, 0.29) is 17.7 Å². The van der Waals surface area contributed by atoms with Gasteiger partial charge in [-0.05, 0) is 37.3 Å². The lowest BCUT2D eigenvalue weighted by atomic mass is 10.1. The maximum absolute atomic E-state index is 12.3. The van der Waals surface area contributed by atoms with Crippen molar-refractivity contribution in [2.24, 2.45) is 0 Å². The molecule has 1 N–H and O–H groups in total. The summed E-state index contributed by atoms with van der Waals surface area (Å²) in [5.74, 6) is -3.01. The summed E-state index contributed by atoms with van der Waals surface area (Å²) in [5.41, 5.74) is -0.772. The molecule has 2 aromatic rings. The van der Waals surface area contributed by atoms with Gasteiger partial charge < -0.3 is 20.0 Å². The van der Waals surface area contributed by atoms with Crippen LogP contribution in [0.5, 0.6) is 0 Å². The molecule has 0 aliphatic carbocycles. The molecule has 9 nitrogen and oxygen atoms in total. The maximum atomic E-state index is 12.3. The number of nitrogens with one attached hydrogen (secondary N) is 1. The number of hydrogen-bond donors (Lipinski definition) is 1. The fraction of sp³-hybridized carbons (Fsp3) is 0.118. The molecule has 0 heterocycles. The lowest BCUT2D eigenvalue weighted by Crippen LogP contribution is -2.26. The molecular weight excluding hydrogens is 344 g/mol. The van der Waals surface area contributed by atoms with E-state index in [0.717, 1.165) is 18.2 Å². The van der Waals surface area contributed by atoms with Crippen LogP contribution in [0.2, 0.25) is 0 Å². The minimum Gasteiger partial charge on any atom is -0.545 e. The van der Waals surface area contributed by atoms with E-state index in [1.807, 2.05) is 0 Å². The van der Waals surface area contributed by atoms with Crippen LogP contribution < -0.4 is 10.4 Å². The number of benzene rings is 2. The summed E-state index contributed by atoms with van der Waals surface area (Å²) in [6.45, 7) is 1.90. The van der Waals surface area contributed by atoms with Crippen molar-refractivity contribution in [1.82, 2.24) is 0 Å². The van der Waals surface area contributed by atoms with Crippen molar-refractivity contribution >= 4 is 29.2 Å². The zero-order valence-electron chi connectivity index (χ0n) is 13.6. The molecule has 0 aromatic heterocycles. The summed E-state index contributed by atoms with van der Waals surface area (Å²) in [6.07, 6.45) is 0. The largest absolute Gasteiger partial charge is 0.545 e. The molecule has 9 heteroatoms. The lowest BCUT2D eigenvalue weighted by Gasteiger charge is -2.11. The Balaban J connectivity index is 2.23. The molecule has 0 radical (unpaired) electrons. The van der Waals surface area contributed by atoms with Gasteiger partial charge in [0.15, 0.2) is 0 Å². The van der Waals surface area contributed by atoms with Crippen LogP contribution in [-0.4, -0.2) is 29.4 Å². The molecule has 0 aliphatic heterocycles. The van der Waals surface area contributed by atoms with Gasteiger partial charge in [-0.2, -0.15) is 0 Å². The van der Waals surface area contributed by atoms with Gasteiger partial charge in [0.05, 0.1) is 23.1 Å². The standard InChI is InChI=1S/C17H14N2O7/c1-2-26-17(23)10-3-5-11(6-4-10)18-15(20)13-8-7-12(19(24)25)9-14(13)16(21)22/h3-9H,2H2,1H3,(H,18,20)(H,21,22)/p-1. The first-order valence-corrected chi connectivity index (χ1v) is 7.41. The number of carbonyl (C=O) groups is 3. The molecule has 2 aromatic carbocycles. The second kappa shape index (κ2) is 7.88. The van der Waals surface area contributed by atoms with Crippen molar-refractivity contribution in [2.45, 2.75) is 6.92 Å². The molecule has 2 rings (SSSR count). The molecule has 134 valence electrons. The second-order valence-corrected chi connectivity index (χ2v) is 5.03. The summed E-state index contributed by atoms with van der Waals surface area (Å²) in [7, 11) is 0. The highest BCUT2D eigenvalue weighted by molar-refractivity contribution is 6.10. The van der Waals surface area contributed by atoms with Gasteiger partial charge in [0.1, 0.15) is 0 Å². The summed E-state index contributed by atoms with van der Waals surface area (Å²) in [4.78, 5) is 45.0. The number of carboxylic acid groups (broad SMARTS) is 1. The molecule has 0 bridgehead atoms. The molecule has 0 unspecified atom stereocenters. The molecule has 26 heavy (non-hydrogen) atoms. The number of non-ortho nitro benzene ring substituents is 1. The van der Waals surface area contributed by atoms with Crippen LogP contribution in [0.4, 0.5) is 11.4 Å². The van der Waals surface area contributed by atoms with E-state index in [0.29, 0.717) is 5.69 Å². The third kappa shape index (κ3) is 4.20. The van der Waals surface area contributed by atoms with Crippen molar-refractivity contribution in [3.05, 3.63) is 69.3 Å². The van der Waals surface area contributed by atoms with Gasteiger partial charge in [0.2, 0.25) is 0 Å². The quantitative estimate of drug-likeness (QED) is 0.468. The second-order valence-electron chi connectivity index (χ2n) is 5.03. The number of hydrogen-bond acceptors (Lipinski definition) is 7. The number of esters is 1. The van der Waals surface area contributed by atoms with Crippen molar-refractivity contribution in [2.75, 3.05) is 11.9 Å². The number of carbonyl (C=O) groups excluding carboxylic acids is 3. The van der Waals surface area contributed by atoms with Crippen molar-refractivity contribution in [3.8, 4) is 0 Å². The van der Waals surface area contributed by atoms with E-state index in [9.17, 15) is 29.6 Å². The number of nitro benzene ring substituents is 1. The number of aromatic carboxylic acids is 1. The number of anilines is 1.